The predicted molar refractivity (Wildman–Crippen MR) is 88.3 cm³/mol. The number of anilines is 3. The normalized spacial score (nSPS) is 14.6. The van der Waals surface area contributed by atoms with E-state index in [1.165, 1.54) is 6.33 Å². The molecule has 3 rings (SSSR count). The van der Waals surface area contributed by atoms with E-state index in [9.17, 15) is 4.79 Å². The fourth-order valence-electron chi connectivity index (χ4n) is 2.26. The molecule has 0 amide bonds. The summed E-state index contributed by atoms with van der Waals surface area (Å²) in [4.78, 5) is 21.8. The van der Waals surface area contributed by atoms with Gasteiger partial charge in [0.05, 0.1) is 5.56 Å². The molecule has 0 bridgehead atoms. The summed E-state index contributed by atoms with van der Waals surface area (Å²) >= 11 is 1.95. The summed E-state index contributed by atoms with van der Waals surface area (Å²) in [5, 5.41) is 12.2. The van der Waals surface area contributed by atoms with Crippen LogP contribution in [0, 0.1) is 0 Å². The van der Waals surface area contributed by atoms with Gasteiger partial charge in [-0.05, 0) is 18.2 Å². The highest BCUT2D eigenvalue weighted by atomic mass is 32.2. The lowest BCUT2D eigenvalue weighted by molar-refractivity contribution is 0.0697. The molecule has 1 saturated heterocycles. The topological polar surface area (TPSA) is 78.4 Å². The highest BCUT2D eigenvalue weighted by molar-refractivity contribution is 7.99. The molecule has 1 aromatic heterocycles. The molecule has 0 unspecified atom stereocenters. The summed E-state index contributed by atoms with van der Waals surface area (Å²) in [6.45, 7) is 1.96. The first-order valence-corrected chi connectivity index (χ1v) is 8.13. The lowest BCUT2D eigenvalue weighted by Gasteiger charge is -2.27. The largest absolute Gasteiger partial charge is 0.478 e. The van der Waals surface area contributed by atoms with E-state index in [0.717, 1.165) is 30.4 Å². The third-order valence-electron chi connectivity index (χ3n) is 3.37. The van der Waals surface area contributed by atoms with E-state index in [2.05, 4.69) is 20.2 Å². The van der Waals surface area contributed by atoms with Crippen molar-refractivity contribution in [3.8, 4) is 0 Å². The summed E-state index contributed by atoms with van der Waals surface area (Å²) < 4.78 is 0. The maximum Gasteiger partial charge on any atom is 0.335 e. The monoisotopic (exact) mass is 316 g/mol. The van der Waals surface area contributed by atoms with E-state index in [0.29, 0.717) is 11.5 Å². The molecule has 1 aromatic carbocycles. The van der Waals surface area contributed by atoms with Crippen molar-refractivity contribution in [1.29, 1.82) is 0 Å². The smallest absolute Gasteiger partial charge is 0.335 e. The number of rotatable bonds is 4. The van der Waals surface area contributed by atoms with Gasteiger partial charge in [0.2, 0.25) is 0 Å². The number of nitrogens with one attached hydrogen (secondary N) is 1. The Balaban J connectivity index is 1.77. The summed E-state index contributed by atoms with van der Waals surface area (Å²) in [5.41, 5.74) is 0.936. The molecule has 0 saturated carbocycles. The van der Waals surface area contributed by atoms with Gasteiger partial charge in [0.1, 0.15) is 18.0 Å². The summed E-state index contributed by atoms with van der Waals surface area (Å²) in [6, 6.07) is 8.55. The van der Waals surface area contributed by atoms with Gasteiger partial charge in [0.25, 0.3) is 0 Å². The van der Waals surface area contributed by atoms with Crippen molar-refractivity contribution in [2.24, 2.45) is 0 Å². The maximum atomic E-state index is 11.0. The second-order valence-electron chi connectivity index (χ2n) is 4.87. The first-order valence-electron chi connectivity index (χ1n) is 6.97. The van der Waals surface area contributed by atoms with Crippen molar-refractivity contribution in [2.45, 2.75) is 0 Å². The van der Waals surface area contributed by atoms with Crippen LogP contribution in [-0.4, -0.2) is 45.6 Å². The second-order valence-corrected chi connectivity index (χ2v) is 6.10. The van der Waals surface area contributed by atoms with Gasteiger partial charge in [-0.15, -0.1) is 0 Å². The van der Waals surface area contributed by atoms with Gasteiger partial charge in [-0.25, -0.2) is 14.8 Å². The molecule has 1 aliphatic heterocycles. The molecular formula is C15H16N4O2S. The number of carboxylic acids is 1. The Kier molecular flexibility index (Phi) is 4.43. The maximum absolute atomic E-state index is 11.0. The van der Waals surface area contributed by atoms with Gasteiger partial charge in [0.15, 0.2) is 0 Å². The van der Waals surface area contributed by atoms with E-state index in [1.54, 1.807) is 18.2 Å². The van der Waals surface area contributed by atoms with Gasteiger partial charge >= 0.3 is 5.97 Å². The average molecular weight is 316 g/mol. The fourth-order valence-corrected chi connectivity index (χ4v) is 3.16. The van der Waals surface area contributed by atoms with Crippen molar-refractivity contribution in [1.82, 2.24) is 9.97 Å². The zero-order valence-electron chi connectivity index (χ0n) is 11.9. The Morgan fingerprint density at radius 2 is 2.05 bits per heavy atom. The Labute approximate surface area is 132 Å². The first-order chi connectivity index (χ1) is 10.7. The molecule has 1 fully saturated rings. The summed E-state index contributed by atoms with van der Waals surface area (Å²) in [5.74, 6) is 2.82. The van der Waals surface area contributed by atoms with Crippen molar-refractivity contribution < 1.29 is 9.90 Å². The Bertz CT molecular complexity index is 674. The quantitative estimate of drug-likeness (QED) is 0.897. The number of hydrogen-bond acceptors (Lipinski definition) is 6. The molecule has 0 aliphatic carbocycles. The van der Waals surface area contributed by atoms with Crippen LogP contribution in [0.15, 0.2) is 36.7 Å². The molecule has 2 heterocycles. The number of nitrogens with zero attached hydrogens (tertiary/aromatic N) is 3. The van der Waals surface area contributed by atoms with E-state index in [-0.39, 0.29) is 5.56 Å². The number of carbonyl (C=O) groups is 1. The number of benzene rings is 1. The van der Waals surface area contributed by atoms with Crippen LogP contribution in [-0.2, 0) is 0 Å². The molecule has 1 aliphatic rings. The van der Waals surface area contributed by atoms with Crippen LogP contribution in [0.5, 0.6) is 0 Å². The van der Waals surface area contributed by atoms with Crippen LogP contribution in [0.1, 0.15) is 10.4 Å². The fraction of sp³-hybridized carbons (Fsp3) is 0.267. The third-order valence-corrected chi connectivity index (χ3v) is 4.31. The van der Waals surface area contributed by atoms with Gasteiger partial charge in [0, 0.05) is 36.3 Å². The minimum atomic E-state index is -0.946. The minimum absolute atomic E-state index is 0.243. The van der Waals surface area contributed by atoms with E-state index < -0.39 is 5.97 Å². The van der Waals surface area contributed by atoms with E-state index in [1.807, 2.05) is 23.9 Å². The summed E-state index contributed by atoms with van der Waals surface area (Å²) in [6.07, 6.45) is 1.53. The number of aromatic nitrogens is 2. The highest BCUT2D eigenvalue weighted by Crippen LogP contribution is 2.21. The predicted octanol–water partition coefficient (Wildman–Crippen LogP) is 2.47. The molecule has 0 radical (unpaired) electrons. The average Bonchev–Trinajstić information content (AvgIpc) is 2.56. The van der Waals surface area contributed by atoms with Gasteiger partial charge in [-0.2, -0.15) is 11.8 Å². The van der Waals surface area contributed by atoms with Crippen molar-refractivity contribution in [2.75, 3.05) is 34.8 Å². The zero-order valence-corrected chi connectivity index (χ0v) is 12.7. The number of hydrogen-bond donors (Lipinski definition) is 2. The van der Waals surface area contributed by atoms with E-state index >= 15 is 0 Å². The molecule has 0 spiro atoms. The Hall–Kier alpha value is -2.28. The molecule has 6 nitrogen and oxygen atoms in total. The number of carboxylic acid groups (broad SMARTS) is 1. The van der Waals surface area contributed by atoms with Crippen LogP contribution >= 0.6 is 11.8 Å². The zero-order chi connectivity index (χ0) is 15.4. The van der Waals surface area contributed by atoms with E-state index in [4.69, 9.17) is 5.11 Å². The third kappa shape index (κ3) is 3.48. The number of thioether (sulfide) groups is 1. The Morgan fingerprint density at radius 1 is 1.23 bits per heavy atom. The van der Waals surface area contributed by atoms with Crippen LogP contribution in [0.25, 0.3) is 0 Å². The summed E-state index contributed by atoms with van der Waals surface area (Å²) in [7, 11) is 0. The number of aromatic carboxylic acids is 1. The lowest BCUT2D eigenvalue weighted by atomic mass is 10.2. The minimum Gasteiger partial charge on any atom is -0.478 e. The molecule has 114 valence electrons. The second kappa shape index (κ2) is 6.65. The van der Waals surface area contributed by atoms with Gasteiger partial charge in [-0.1, -0.05) is 6.07 Å². The van der Waals surface area contributed by atoms with Crippen LogP contribution in [0.2, 0.25) is 0 Å². The van der Waals surface area contributed by atoms with Crippen LogP contribution in [0.3, 0.4) is 0 Å². The highest BCUT2D eigenvalue weighted by Gasteiger charge is 2.13. The van der Waals surface area contributed by atoms with Crippen LogP contribution < -0.4 is 10.2 Å². The van der Waals surface area contributed by atoms with Crippen molar-refractivity contribution >= 4 is 35.1 Å². The van der Waals surface area contributed by atoms with Crippen molar-refractivity contribution in [3.05, 3.63) is 42.2 Å². The molecule has 0 atom stereocenters. The Morgan fingerprint density at radius 3 is 2.82 bits per heavy atom. The van der Waals surface area contributed by atoms with Gasteiger partial charge in [-0.3, -0.25) is 0 Å². The first kappa shape index (κ1) is 14.6. The molecular weight excluding hydrogens is 300 g/mol. The standard InChI is InChI=1S/C15H16N4O2S/c20-15(21)11-2-1-3-12(8-11)18-13-9-14(17-10-16-13)19-4-6-22-7-5-19/h1-3,8-10H,4-7H2,(H,20,21)(H,16,17,18). The molecule has 22 heavy (non-hydrogen) atoms. The molecule has 2 aromatic rings. The molecule has 2 N–H and O–H groups in total. The molecule has 7 heteroatoms. The van der Waals surface area contributed by atoms with Crippen molar-refractivity contribution in [3.63, 3.8) is 0 Å². The van der Waals surface area contributed by atoms with Gasteiger partial charge < -0.3 is 15.3 Å². The lowest BCUT2D eigenvalue weighted by Crippen LogP contribution is -2.33. The van der Waals surface area contributed by atoms with Crippen LogP contribution in [0.4, 0.5) is 17.3 Å². The SMILES string of the molecule is O=C(O)c1cccc(Nc2cc(N3CCSCC3)ncn2)c1.